The van der Waals surface area contributed by atoms with Gasteiger partial charge in [-0.15, -0.1) is 0 Å². The van der Waals surface area contributed by atoms with E-state index in [1.165, 1.54) is 30.3 Å². The maximum absolute atomic E-state index is 12.9. The second kappa shape index (κ2) is 6.53. The van der Waals surface area contributed by atoms with E-state index < -0.39 is 23.7 Å². The number of furan rings is 1. The number of aliphatic carboxylic acids is 1. The number of hydrogen-bond acceptors (Lipinski definition) is 3. The van der Waals surface area contributed by atoms with Crippen LogP contribution < -0.4 is 5.32 Å². The number of carboxylic acids is 1. The van der Waals surface area contributed by atoms with Gasteiger partial charge < -0.3 is 14.8 Å². The van der Waals surface area contributed by atoms with E-state index in [4.69, 9.17) is 9.52 Å². The van der Waals surface area contributed by atoms with Gasteiger partial charge in [-0.3, -0.25) is 9.59 Å². The predicted octanol–water partition coefficient (Wildman–Crippen LogP) is 3.13. The summed E-state index contributed by atoms with van der Waals surface area (Å²) in [5.41, 5.74) is 0.498. The molecule has 1 heterocycles. The minimum absolute atomic E-state index is 0.0550. The number of benzene rings is 1. The minimum Gasteiger partial charge on any atom is -0.481 e. The lowest BCUT2D eigenvalue weighted by Gasteiger charge is -2.16. The quantitative estimate of drug-likeness (QED) is 0.863. The van der Waals surface area contributed by atoms with Crippen molar-refractivity contribution in [2.24, 2.45) is 0 Å². The number of amides is 1. The van der Waals surface area contributed by atoms with Crippen LogP contribution in [0, 0.1) is 5.82 Å². The van der Waals surface area contributed by atoms with Crippen LogP contribution in [0.4, 0.5) is 4.39 Å². The Morgan fingerprint density at radius 1 is 1.24 bits per heavy atom. The van der Waals surface area contributed by atoms with Crippen molar-refractivity contribution < 1.29 is 23.5 Å². The Hall–Kier alpha value is -2.15. The van der Waals surface area contributed by atoms with E-state index in [-0.39, 0.29) is 12.2 Å². The normalized spacial score (nSPS) is 11.9. The standard InChI is InChI=1S/C14H11BrFNO4/c15-12-6-5-11(21-12)14(20)17-10(7-13(18)19)8-1-3-9(16)4-2-8/h1-6,10H,7H2,(H,17,20)(H,18,19). The molecule has 0 aliphatic carbocycles. The van der Waals surface area contributed by atoms with Gasteiger partial charge in [0, 0.05) is 0 Å². The Balaban J connectivity index is 2.18. The zero-order valence-electron chi connectivity index (χ0n) is 10.7. The number of halogens is 2. The Kier molecular flexibility index (Phi) is 4.74. The first-order valence-electron chi connectivity index (χ1n) is 5.99. The molecule has 2 rings (SSSR count). The van der Waals surface area contributed by atoms with Gasteiger partial charge in [-0.05, 0) is 45.8 Å². The van der Waals surface area contributed by atoms with Crippen LogP contribution in [0.15, 0.2) is 45.5 Å². The monoisotopic (exact) mass is 355 g/mol. The molecule has 0 aliphatic heterocycles. The molecule has 0 radical (unpaired) electrons. The summed E-state index contributed by atoms with van der Waals surface area (Å²) in [5, 5.41) is 11.5. The third-order valence-corrected chi connectivity index (χ3v) is 3.18. The van der Waals surface area contributed by atoms with Gasteiger partial charge in [0.05, 0.1) is 12.5 Å². The zero-order valence-corrected chi connectivity index (χ0v) is 12.3. The molecule has 1 atom stereocenters. The van der Waals surface area contributed by atoms with Crippen LogP contribution in [0.25, 0.3) is 0 Å². The molecule has 0 saturated heterocycles. The zero-order chi connectivity index (χ0) is 15.4. The summed E-state index contributed by atoms with van der Waals surface area (Å²) in [6, 6.07) is 7.52. The summed E-state index contributed by atoms with van der Waals surface area (Å²) in [7, 11) is 0. The molecule has 0 saturated carbocycles. The Morgan fingerprint density at radius 3 is 2.43 bits per heavy atom. The molecular weight excluding hydrogens is 345 g/mol. The van der Waals surface area contributed by atoms with Crippen molar-refractivity contribution in [1.29, 1.82) is 0 Å². The van der Waals surface area contributed by atoms with Crippen LogP contribution in [-0.4, -0.2) is 17.0 Å². The third kappa shape index (κ3) is 4.16. The lowest BCUT2D eigenvalue weighted by atomic mass is 10.0. The smallest absolute Gasteiger partial charge is 0.305 e. The van der Waals surface area contributed by atoms with E-state index in [2.05, 4.69) is 21.2 Å². The summed E-state index contributed by atoms with van der Waals surface area (Å²) < 4.78 is 18.4. The summed E-state index contributed by atoms with van der Waals surface area (Å²) in [4.78, 5) is 22.9. The summed E-state index contributed by atoms with van der Waals surface area (Å²) >= 11 is 3.08. The van der Waals surface area contributed by atoms with Crippen LogP contribution >= 0.6 is 15.9 Å². The fourth-order valence-corrected chi connectivity index (χ4v) is 2.09. The average Bonchev–Trinajstić information content (AvgIpc) is 2.85. The first-order chi connectivity index (χ1) is 9.95. The molecule has 1 aromatic carbocycles. The molecule has 110 valence electrons. The largest absolute Gasteiger partial charge is 0.481 e. The molecule has 0 aliphatic rings. The number of nitrogens with one attached hydrogen (secondary N) is 1. The molecule has 0 spiro atoms. The molecule has 1 aromatic heterocycles. The van der Waals surface area contributed by atoms with Gasteiger partial charge in [0.15, 0.2) is 10.4 Å². The average molecular weight is 356 g/mol. The number of hydrogen-bond donors (Lipinski definition) is 2. The van der Waals surface area contributed by atoms with E-state index in [1.54, 1.807) is 6.07 Å². The van der Waals surface area contributed by atoms with Crippen molar-refractivity contribution >= 4 is 27.8 Å². The highest BCUT2D eigenvalue weighted by molar-refractivity contribution is 9.10. The lowest BCUT2D eigenvalue weighted by Crippen LogP contribution is -2.29. The highest BCUT2D eigenvalue weighted by Gasteiger charge is 2.20. The summed E-state index contributed by atoms with van der Waals surface area (Å²) in [5.74, 6) is -2.00. The second-order valence-corrected chi connectivity index (χ2v) is 5.06. The number of carbonyl (C=O) groups is 2. The number of carbonyl (C=O) groups excluding carboxylic acids is 1. The molecular formula is C14H11BrFNO4. The van der Waals surface area contributed by atoms with E-state index in [0.29, 0.717) is 10.2 Å². The SMILES string of the molecule is O=C(O)CC(NC(=O)c1ccc(Br)o1)c1ccc(F)cc1. The molecule has 0 bridgehead atoms. The van der Waals surface area contributed by atoms with Gasteiger partial charge in [-0.2, -0.15) is 0 Å². The highest BCUT2D eigenvalue weighted by Crippen LogP contribution is 2.20. The maximum Gasteiger partial charge on any atom is 0.305 e. The van der Waals surface area contributed by atoms with Gasteiger partial charge in [0.25, 0.3) is 5.91 Å². The van der Waals surface area contributed by atoms with Gasteiger partial charge in [0.1, 0.15) is 5.82 Å². The van der Waals surface area contributed by atoms with Gasteiger partial charge in [-0.1, -0.05) is 12.1 Å². The van der Waals surface area contributed by atoms with Crippen LogP contribution in [0.3, 0.4) is 0 Å². The fourth-order valence-electron chi connectivity index (χ4n) is 1.79. The molecule has 21 heavy (non-hydrogen) atoms. The lowest BCUT2D eigenvalue weighted by molar-refractivity contribution is -0.137. The van der Waals surface area contributed by atoms with E-state index in [0.717, 1.165) is 0 Å². The van der Waals surface area contributed by atoms with Crippen LogP contribution in [0.1, 0.15) is 28.6 Å². The van der Waals surface area contributed by atoms with E-state index in [1.807, 2.05) is 0 Å². The molecule has 1 amide bonds. The van der Waals surface area contributed by atoms with Crippen LogP contribution in [0.5, 0.6) is 0 Å². The van der Waals surface area contributed by atoms with Crippen LogP contribution in [-0.2, 0) is 4.79 Å². The van der Waals surface area contributed by atoms with Crippen molar-refractivity contribution in [3.8, 4) is 0 Å². The summed E-state index contributed by atoms with van der Waals surface area (Å²) in [6.45, 7) is 0. The Morgan fingerprint density at radius 2 is 1.90 bits per heavy atom. The Bertz CT molecular complexity index is 653. The third-order valence-electron chi connectivity index (χ3n) is 2.75. The predicted molar refractivity (Wildman–Crippen MR) is 75.3 cm³/mol. The van der Waals surface area contributed by atoms with Gasteiger partial charge >= 0.3 is 5.97 Å². The summed E-state index contributed by atoms with van der Waals surface area (Å²) in [6.07, 6.45) is -0.320. The highest BCUT2D eigenvalue weighted by atomic mass is 79.9. The molecule has 5 nitrogen and oxygen atoms in total. The molecule has 2 aromatic rings. The molecule has 7 heteroatoms. The number of rotatable bonds is 5. The van der Waals surface area contributed by atoms with E-state index >= 15 is 0 Å². The van der Waals surface area contributed by atoms with Crippen molar-refractivity contribution in [1.82, 2.24) is 5.32 Å². The minimum atomic E-state index is -1.08. The van der Waals surface area contributed by atoms with Crippen molar-refractivity contribution in [2.45, 2.75) is 12.5 Å². The van der Waals surface area contributed by atoms with Gasteiger partial charge in [-0.25, -0.2) is 4.39 Å². The molecule has 0 fully saturated rings. The first kappa shape index (κ1) is 15.2. The first-order valence-corrected chi connectivity index (χ1v) is 6.78. The van der Waals surface area contributed by atoms with Gasteiger partial charge in [0.2, 0.25) is 0 Å². The van der Waals surface area contributed by atoms with E-state index in [9.17, 15) is 14.0 Å². The van der Waals surface area contributed by atoms with Crippen molar-refractivity contribution in [3.05, 3.63) is 58.2 Å². The number of carboxylic acid groups (broad SMARTS) is 1. The second-order valence-electron chi connectivity index (χ2n) is 4.28. The molecule has 2 N–H and O–H groups in total. The Labute approximate surface area is 127 Å². The van der Waals surface area contributed by atoms with Crippen molar-refractivity contribution in [3.63, 3.8) is 0 Å². The maximum atomic E-state index is 12.9. The van der Waals surface area contributed by atoms with Crippen LogP contribution in [0.2, 0.25) is 0 Å². The topological polar surface area (TPSA) is 79.5 Å². The fraction of sp³-hybridized carbons (Fsp3) is 0.143. The molecule has 1 unspecified atom stereocenters. The van der Waals surface area contributed by atoms with Crippen molar-refractivity contribution in [2.75, 3.05) is 0 Å².